The van der Waals surface area contributed by atoms with Crippen LogP contribution in [0.15, 0.2) is 6.07 Å². The molecule has 1 amide bonds. The van der Waals surface area contributed by atoms with Gasteiger partial charge in [-0.15, -0.1) is 0 Å². The highest BCUT2D eigenvalue weighted by Crippen LogP contribution is 2.49. The summed E-state index contributed by atoms with van der Waals surface area (Å²) in [7, 11) is 3.08. The average Bonchev–Trinajstić information content (AvgIpc) is 3.16. The van der Waals surface area contributed by atoms with Gasteiger partial charge in [-0.05, 0) is 12.8 Å². The van der Waals surface area contributed by atoms with Gasteiger partial charge in [0, 0.05) is 44.9 Å². The van der Waals surface area contributed by atoms with Crippen molar-refractivity contribution < 1.29 is 36.2 Å². The second-order valence-corrected chi connectivity index (χ2v) is 8.51. The maximum absolute atomic E-state index is 13.7. The van der Waals surface area contributed by atoms with Crippen molar-refractivity contribution in [3.8, 4) is 0 Å². The summed E-state index contributed by atoms with van der Waals surface area (Å²) < 4.78 is 81.0. The normalized spacial score (nSPS) is 21.9. The predicted octanol–water partition coefficient (Wildman–Crippen LogP) is 2.76. The number of fused-ring (bicyclic) bond motifs is 1. The van der Waals surface area contributed by atoms with E-state index in [-0.39, 0.29) is 49.1 Å². The highest BCUT2D eigenvalue weighted by atomic mass is 19.4. The number of halogens is 6. The number of aromatic nitrogens is 4. The molecule has 2 aromatic rings. The van der Waals surface area contributed by atoms with Gasteiger partial charge < -0.3 is 20.2 Å². The molecule has 9 nitrogen and oxygen atoms in total. The molecule has 1 unspecified atom stereocenters. The number of hydrogen-bond donors (Lipinski definition) is 3. The molecule has 1 atom stereocenters. The summed E-state index contributed by atoms with van der Waals surface area (Å²) in [5, 5.41) is 19.0. The van der Waals surface area contributed by atoms with Crippen LogP contribution in [0.5, 0.6) is 0 Å². The predicted molar refractivity (Wildman–Crippen MR) is 107 cm³/mol. The third-order valence-corrected chi connectivity index (χ3v) is 5.99. The van der Waals surface area contributed by atoms with Crippen molar-refractivity contribution in [3.63, 3.8) is 0 Å². The molecule has 0 saturated carbocycles. The topological polar surface area (TPSA) is 110 Å². The minimum atomic E-state index is -5.11. The minimum absolute atomic E-state index is 0.0436. The Morgan fingerprint density at radius 1 is 1.15 bits per heavy atom. The molecule has 2 aliphatic rings. The van der Waals surface area contributed by atoms with E-state index in [1.807, 2.05) is 0 Å². The summed E-state index contributed by atoms with van der Waals surface area (Å²) in [4.78, 5) is 21.9. The molecule has 0 spiro atoms. The number of amides is 1. The van der Waals surface area contributed by atoms with Crippen molar-refractivity contribution >= 4 is 23.4 Å². The molecule has 0 aromatic carbocycles. The Labute approximate surface area is 189 Å². The number of aromatic amines is 1. The van der Waals surface area contributed by atoms with Crippen LogP contribution in [0, 0.1) is 0 Å². The SMILES string of the molecule is CN(C)c1cc(N2CCC(c3[nH]nc4c3C(O)(C(F)(F)F)CC(=O)N4)CC2)nc(C(F)(F)F)n1. The second kappa shape index (κ2) is 7.99. The number of aliphatic hydroxyl groups is 1. The molecule has 0 radical (unpaired) electrons. The molecule has 2 aromatic heterocycles. The first kappa shape index (κ1) is 24.0. The van der Waals surface area contributed by atoms with Crippen LogP contribution >= 0.6 is 0 Å². The highest BCUT2D eigenvalue weighted by Gasteiger charge is 2.61. The van der Waals surface area contributed by atoms with Crippen LogP contribution in [0.2, 0.25) is 0 Å². The Bertz CT molecular complexity index is 1090. The molecule has 1 fully saturated rings. The first-order valence-electron chi connectivity index (χ1n) is 10.3. The van der Waals surface area contributed by atoms with Crippen LogP contribution in [0.1, 0.15) is 42.3 Å². The fourth-order valence-corrected chi connectivity index (χ4v) is 4.24. The number of carbonyl (C=O) groups excluding carboxylic acids is 1. The number of carbonyl (C=O) groups is 1. The first-order chi connectivity index (χ1) is 15.7. The summed E-state index contributed by atoms with van der Waals surface area (Å²) >= 11 is 0. The largest absolute Gasteiger partial charge is 0.451 e. The summed E-state index contributed by atoms with van der Waals surface area (Å²) in [5.41, 5.74) is -3.87. The third-order valence-electron chi connectivity index (χ3n) is 5.99. The van der Waals surface area contributed by atoms with Crippen LogP contribution in [-0.2, 0) is 16.6 Å². The number of rotatable bonds is 3. The van der Waals surface area contributed by atoms with E-state index in [1.54, 1.807) is 19.0 Å². The van der Waals surface area contributed by atoms with Gasteiger partial charge in [0.05, 0.1) is 12.0 Å². The zero-order valence-corrected chi connectivity index (χ0v) is 18.0. The van der Waals surface area contributed by atoms with Gasteiger partial charge in [0.25, 0.3) is 0 Å². The lowest BCUT2D eigenvalue weighted by molar-refractivity contribution is -0.267. The van der Waals surface area contributed by atoms with Crippen LogP contribution in [0.4, 0.5) is 43.8 Å². The van der Waals surface area contributed by atoms with Gasteiger partial charge in [-0.3, -0.25) is 9.89 Å². The molecular formula is C19H21F6N7O2. The molecule has 15 heteroatoms. The van der Waals surface area contributed by atoms with Gasteiger partial charge in [0.15, 0.2) is 11.4 Å². The minimum Gasteiger partial charge on any atom is -0.376 e. The molecule has 0 bridgehead atoms. The number of nitrogens with zero attached hydrogens (tertiary/aromatic N) is 5. The first-order valence-corrected chi connectivity index (χ1v) is 10.3. The summed E-state index contributed by atoms with van der Waals surface area (Å²) in [6.07, 6.45) is -10.6. The number of anilines is 3. The second-order valence-electron chi connectivity index (χ2n) is 8.51. The molecule has 2 aliphatic heterocycles. The zero-order valence-electron chi connectivity index (χ0n) is 18.0. The van der Waals surface area contributed by atoms with Crippen LogP contribution < -0.4 is 15.1 Å². The number of nitrogens with one attached hydrogen (secondary N) is 2. The smallest absolute Gasteiger partial charge is 0.376 e. The van der Waals surface area contributed by atoms with Crippen molar-refractivity contribution in [2.75, 3.05) is 42.3 Å². The zero-order chi connectivity index (χ0) is 25.1. The van der Waals surface area contributed by atoms with Crippen LogP contribution in [0.25, 0.3) is 0 Å². The highest BCUT2D eigenvalue weighted by molar-refractivity contribution is 5.94. The summed E-state index contributed by atoms with van der Waals surface area (Å²) in [5.74, 6) is -3.07. The average molecular weight is 493 g/mol. The quantitative estimate of drug-likeness (QED) is 0.564. The Morgan fingerprint density at radius 2 is 1.79 bits per heavy atom. The van der Waals surface area contributed by atoms with Crippen molar-refractivity contribution in [2.45, 2.75) is 43.1 Å². The lowest BCUT2D eigenvalue weighted by atomic mass is 9.81. The van der Waals surface area contributed by atoms with E-state index >= 15 is 0 Å². The Hall–Kier alpha value is -3.10. The van der Waals surface area contributed by atoms with Crippen molar-refractivity contribution in [2.24, 2.45) is 0 Å². The van der Waals surface area contributed by atoms with E-state index in [0.717, 1.165) is 0 Å². The number of alkyl halides is 6. The summed E-state index contributed by atoms with van der Waals surface area (Å²) in [6, 6.07) is 1.41. The molecule has 186 valence electrons. The molecule has 34 heavy (non-hydrogen) atoms. The lowest BCUT2D eigenvalue weighted by Crippen LogP contribution is -2.49. The van der Waals surface area contributed by atoms with E-state index in [1.165, 1.54) is 11.0 Å². The van der Waals surface area contributed by atoms with Gasteiger partial charge in [0.2, 0.25) is 11.7 Å². The van der Waals surface area contributed by atoms with E-state index in [4.69, 9.17) is 0 Å². The molecule has 1 saturated heterocycles. The fraction of sp³-hybridized carbons (Fsp3) is 0.579. The van der Waals surface area contributed by atoms with E-state index in [0.29, 0.717) is 0 Å². The molecule has 3 N–H and O–H groups in total. The van der Waals surface area contributed by atoms with E-state index < -0.39 is 47.6 Å². The van der Waals surface area contributed by atoms with Gasteiger partial charge in [-0.2, -0.15) is 31.4 Å². The number of piperidine rings is 1. The maximum atomic E-state index is 13.7. The lowest BCUT2D eigenvalue weighted by Gasteiger charge is -2.37. The van der Waals surface area contributed by atoms with Crippen molar-refractivity contribution in [1.29, 1.82) is 0 Å². The molecule has 4 rings (SSSR count). The monoisotopic (exact) mass is 493 g/mol. The Kier molecular flexibility index (Phi) is 5.65. The van der Waals surface area contributed by atoms with Crippen LogP contribution in [0.3, 0.4) is 0 Å². The van der Waals surface area contributed by atoms with Crippen LogP contribution in [-0.4, -0.2) is 64.5 Å². The van der Waals surface area contributed by atoms with E-state index in [2.05, 4.69) is 25.5 Å². The van der Waals surface area contributed by atoms with Gasteiger partial charge in [-0.25, -0.2) is 9.97 Å². The third kappa shape index (κ3) is 4.12. The molecule has 0 aliphatic carbocycles. The molecular weight excluding hydrogens is 472 g/mol. The standard InChI is InChI=1S/C19H21F6N7O2/c1-31(2)10-7-11(27-16(26-10)18(20,21)22)32-5-3-9(4-6-32)14-13-15(30-29-14)28-12(33)8-17(13,34)19(23,24)25/h7,9,34H,3-6,8H2,1-2H3,(H2,28,29,30,33). The Balaban J connectivity index is 1.60. The number of hydrogen-bond acceptors (Lipinski definition) is 7. The summed E-state index contributed by atoms with van der Waals surface area (Å²) in [6.45, 7) is 0.382. The van der Waals surface area contributed by atoms with Crippen molar-refractivity contribution in [1.82, 2.24) is 20.2 Å². The number of H-pyrrole nitrogens is 1. The maximum Gasteiger partial charge on any atom is 0.451 e. The van der Waals surface area contributed by atoms with Gasteiger partial charge >= 0.3 is 12.4 Å². The van der Waals surface area contributed by atoms with Gasteiger partial charge in [-0.1, -0.05) is 0 Å². The molecule has 4 heterocycles. The van der Waals surface area contributed by atoms with Gasteiger partial charge in [0.1, 0.15) is 11.6 Å². The Morgan fingerprint density at radius 3 is 2.35 bits per heavy atom. The fourth-order valence-electron chi connectivity index (χ4n) is 4.24. The van der Waals surface area contributed by atoms with E-state index in [9.17, 15) is 36.2 Å². The van der Waals surface area contributed by atoms with Crippen molar-refractivity contribution in [3.05, 3.63) is 23.1 Å².